The standard InChI is InChI=1S/C15H19NO3/c1-15(2,3)7-6-14(17)16-11-4-5-12-13(10-11)19-9-8-18-12/h4-7,10H,8-9H2,1-3H3,(H,16,17)/b7-6+. The van der Waals surface area contributed by atoms with E-state index in [-0.39, 0.29) is 11.3 Å². The molecule has 0 bridgehead atoms. The van der Waals surface area contributed by atoms with Crippen LogP contribution in [-0.4, -0.2) is 19.1 Å². The van der Waals surface area contributed by atoms with Crippen molar-refractivity contribution in [2.75, 3.05) is 18.5 Å². The first kappa shape index (κ1) is 13.5. The molecule has 0 saturated carbocycles. The van der Waals surface area contributed by atoms with E-state index in [4.69, 9.17) is 9.47 Å². The van der Waals surface area contributed by atoms with Gasteiger partial charge in [-0.1, -0.05) is 26.8 Å². The Labute approximate surface area is 113 Å². The average molecular weight is 261 g/mol. The van der Waals surface area contributed by atoms with Gasteiger partial charge in [-0.25, -0.2) is 0 Å². The van der Waals surface area contributed by atoms with E-state index in [0.29, 0.717) is 24.7 Å². The lowest BCUT2D eigenvalue weighted by molar-refractivity contribution is -0.112. The maximum Gasteiger partial charge on any atom is 0.248 e. The van der Waals surface area contributed by atoms with Crippen LogP contribution >= 0.6 is 0 Å². The van der Waals surface area contributed by atoms with Crippen LogP contribution in [0.4, 0.5) is 5.69 Å². The third kappa shape index (κ3) is 4.02. The normalized spacial score (nSPS) is 14.5. The zero-order valence-corrected chi connectivity index (χ0v) is 11.5. The fourth-order valence-electron chi connectivity index (χ4n) is 1.63. The Bertz CT molecular complexity index is 501. The molecular weight excluding hydrogens is 242 g/mol. The molecule has 4 nitrogen and oxygen atoms in total. The van der Waals surface area contributed by atoms with Gasteiger partial charge in [-0.2, -0.15) is 0 Å². The van der Waals surface area contributed by atoms with Crippen LogP contribution in [0.15, 0.2) is 30.4 Å². The van der Waals surface area contributed by atoms with Gasteiger partial charge in [0.05, 0.1) is 0 Å². The molecule has 0 aliphatic carbocycles. The topological polar surface area (TPSA) is 47.6 Å². The zero-order chi connectivity index (χ0) is 13.9. The van der Waals surface area contributed by atoms with E-state index in [2.05, 4.69) is 5.32 Å². The number of benzene rings is 1. The van der Waals surface area contributed by atoms with Crippen molar-refractivity contribution in [3.63, 3.8) is 0 Å². The highest BCUT2D eigenvalue weighted by atomic mass is 16.6. The van der Waals surface area contributed by atoms with E-state index in [1.165, 1.54) is 0 Å². The number of nitrogens with one attached hydrogen (secondary N) is 1. The summed E-state index contributed by atoms with van der Waals surface area (Å²) in [5, 5.41) is 2.80. The summed E-state index contributed by atoms with van der Waals surface area (Å²) in [6, 6.07) is 5.38. The molecule has 0 unspecified atom stereocenters. The number of carbonyl (C=O) groups is 1. The van der Waals surface area contributed by atoms with Crippen LogP contribution in [0.2, 0.25) is 0 Å². The summed E-state index contributed by atoms with van der Waals surface area (Å²) in [4.78, 5) is 11.8. The SMILES string of the molecule is CC(C)(C)/C=C/C(=O)Nc1ccc2c(c1)OCCO2. The van der Waals surface area contributed by atoms with Crippen molar-refractivity contribution in [1.82, 2.24) is 0 Å². The van der Waals surface area contributed by atoms with Gasteiger partial charge >= 0.3 is 0 Å². The molecule has 2 rings (SSSR count). The van der Waals surface area contributed by atoms with Crippen molar-refractivity contribution >= 4 is 11.6 Å². The Hall–Kier alpha value is -1.97. The highest BCUT2D eigenvalue weighted by molar-refractivity contribution is 5.99. The summed E-state index contributed by atoms with van der Waals surface area (Å²) >= 11 is 0. The number of hydrogen-bond donors (Lipinski definition) is 1. The van der Waals surface area contributed by atoms with Crippen LogP contribution in [0.5, 0.6) is 11.5 Å². The minimum atomic E-state index is -0.147. The second-order valence-corrected chi connectivity index (χ2v) is 5.55. The number of hydrogen-bond acceptors (Lipinski definition) is 3. The third-order valence-corrected chi connectivity index (χ3v) is 2.54. The first-order valence-corrected chi connectivity index (χ1v) is 6.34. The fourth-order valence-corrected chi connectivity index (χ4v) is 1.63. The van der Waals surface area contributed by atoms with Crippen LogP contribution in [0.3, 0.4) is 0 Å². The van der Waals surface area contributed by atoms with Crippen molar-refractivity contribution in [3.05, 3.63) is 30.4 Å². The predicted octanol–water partition coefficient (Wildman–Crippen LogP) is 3.00. The summed E-state index contributed by atoms with van der Waals surface area (Å²) in [6.45, 7) is 7.23. The number of carbonyl (C=O) groups excluding carboxylic acids is 1. The number of ether oxygens (including phenoxy) is 2. The summed E-state index contributed by atoms with van der Waals surface area (Å²) in [5.74, 6) is 1.24. The molecule has 1 aliphatic heterocycles. The Morgan fingerprint density at radius 1 is 1.21 bits per heavy atom. The second-order valence-electron chi connectivity index (χ2n) is 5.55. The number of anilines is 1. The molecule has 1 amide bonds. The molecule has 4 heteroatoms. The molecule has 1 N–H and O–H groups in total. The van der Waals surface area contributed by atoms with Crippen molar-refractivity contribution in [1.29, 1.82) is 0 Å². The summed E-state index contributed by atoms with van der Waals surface area (Å²) < 4.78 is 10.9. The second kappa shape index (κ2) is 5.34. The minimum Gasteiger partial charge on any atom is -0.486 e. The van der Waals surface area contributed by atoms with E-state index in [9.17, 15) is 4.79 Å². The van der Waals surface area contributed by atoms with Gasteiger partial charge in [0.2, 0.25) is 5.91 Å². The van der Waals surface area contributed by atoms with Crippen LogP contribution in [0.1, 0.15) is 20.8 Å². The predicted molar refractivity (Wildman–Crippen MR) is 74.7 cm³/mol. The van der Waals surface area contributed by atoms with E-state index < -0.39 is 0 Å². The number of rotatable bonds is 2. The molecule has 0 aromatic heterocycles. The van der Waals surface area contributed by atoms with Gasteiger partial charge in [-0.05, 0) is 23.6 Å². The molecule has 1 aromatic rings. The van der Waals surface area contributed by atoms with E-state index >= 15 is 0 Å². The molecule has 0 atom stereocenters. The Morgan fingerprint density at radius 2 is 1.89 bits per heavy atom. The number of fused-ring (bicyclic) bond motifs is 1. The Morgan fingerprint density at radius 3 is 2.58 bits per heavy atom. The monoisotopic (exact) mass is 261 g/mol. The van der Waals surface area contributed by atoms with Gasteiger partial charge in [0.1, 0.15) is 13.2 Å². The minimum absolute atomic E-state index is 0.00978. The molecule has 0 spiro atoms. The van der Waals surface area contributed by atoms with Crippen LogP contribution in [0.25, 0.3) is 0 Å². The molecule has 0 radical (unpaired) electrons. The van der Waals surface area contributed by atoms with Gasteiger partial charge in [-0.15, -0.1) is 0 Å². The molecule has 102 valence electrons. The average Bonchev–Trinajstić information content (AvgIpc) is 2.35. The van der Waals surface area contributed by atoms with Gasteiger partial charge in [0.15, 0.2) is 11.5 Å². The summed E-state index contributed by atoms with van der Waals surface area (Å²) in [6.07, 6.45) is 3.43. The van der Waals surface area contributed by atoms with Crippen molar-refractivity contribution < 1.29 is 14.3 Å². The third-order valence-electron chi connectivity index (χ3n) is 2.54. The highest BCUT2D eigenvalue weighted by Gasteiger charge is 2.12. The van der Waals surface area contributed by atoms with Crippen LogP contribution in [0, 0.1) is 5.41 Å². The molecule has 1 aliphatic rings. The quantitative estimate of drug-likeness (QED) is 0.832. The number of amides is 1. The summed E-state index contributed by atoms with van der Waals surface area (Å²) in [7, 11) is 0. The van der Waals surface area contributed by atoms with Crippen LogP contribution < -0.4 is 14.8 Å². The van der Waals surface area contributed by atoms with Crippen molar-refractivity contribution in [2.24, 2.45) is 5.41 Å². The molecule has 0 saturated heterocycles. The molecule has 0 fully saturated rings. The van der Waals surface area contributed by atoms with Gasteiger partial charge in [0.25, 0.3) is 0 Å². The smallest absolute Gasteiger partial charge is 0.248 e. The van der Waals surface area contributed by atoms with E-state index in [0.717, 1.165) is 5.75 Å². The maximum atomic E-state index is 11.8. The van der Waals surface area contributed by atoms with Crippen molar-refractivity contribution in [3.8, 4) is 11.5 Å². The number of allylic oxidation sites excluding steroid dienone is 1. The molecule has 1 aromatic carbocycles. The van der Waals surface area contributed by atoms with E-state index in [1.807, 2.05) is 26.8 Å². The lowest BCUT2D eigenvalue weighted by Crippen LogP contribution is -2.16. The van der Waals surface area contributed by atoms with Crippen molar-refractivity contribution in [2.45, 2.75) is 20.8 Å². The largest absolute Gasteiger partial charge is 0.486 e. The first-order valence-electron chi connectivity index (χ1n) is 6.34. The lowest BCUT2D eigenvalue weighted by Gasteiger charge is -2.18. The maximum absolute atomic E-state index is 11.8. The lowest BCUT2D eigenvalue weighted by atomic mass is 9.96. The van der Waals surface area contributed by atoms with Gasteiger partial charge in [0, 0.05) is 11.8 Å². The van der Waals surface area contributed by atoms with Gasteiger partial charge in [-0.3, -0.25) is 4.79 Å². The van der Waals surface area contributed by atoms with Crippen LogP contribution in [-0.2, 0) is 4.79 Å². The Kier molecular flexibility index (Phi) is 3.79. The molecule has 1 heterocycles. The molecular formula is C15H19NO3. The highest BCUT2D eigenvalue weighted by Crippen LogP contribution is 2.32. The molecule has 19 heavy (non-hydrogen) atoms. The first-order chi connectivity index (χ1) is 8.94. The van der Waals surface area contributed by atoms with E-state index in [1.54, 1.807) is 24.3 Å². The Balaban J connectivity index is 2.03. The van der Waals surface area contributed by atoms with Gasteiger partial charge < -0.3 is 14.8 Å². The summed E-state index contributed by atoms with van der Waals surface area (Å²) in [5.41, 5.74) is 0.692. The fraction of sp³-hybridized carbons (Fsp3) is 0.400. The zero-order valence-electron chi connectivity index (χ0n) is 11.5.